The first-order valence-corrected chi connectivity index (χ1v) is 12.3. The predicted octanol–water partition coefficient (Wildman–Crippen LogP) is 4.27. The number of benzene rings is 3. The fourth-order valence-electron chi connectivity index (χ4n) is 3.98. The fourth-order valence-corrected chi connectivity index (χ4v) is 5.44. The second kappa shape index (κ2) is 9.40. The summed E-state index contributed by atoms with van der Waals surface area (Å²) in [6.07, 6.45) is 1.46. The lowest BCUT2D eigenvalue weighted by molar-refractivity contribution is -0.116. The van der Waals surface area contributed by atoms with E-state index in [1.807, 2.05) is 56.3 Å². The Morgan fingerprint density at radius 3 is 2.59 bits per heavy atom. The van der Waals surface area contributed by atoms with E-state index in [0.29, 0.717) is 12.3 Å². The molecule has 1 amide bonds. The number of carbonyl (C=O) groups is 1. The number of hydrogen-bond acceptors (Lipinski definition) is 4. The number of ether oxygens (including phenoxy) is 1. The molecule has 7 heteroatoms. The third kappa shape index (κ3) is 4.85. The van der Waals surface area contributed by atoms with Crippen LogP contribution in [0, 0.1) is 13.8 Å². The molecule has 1 saturated heterocycles. The van der Waals surface area contributed by atoms with Gasteiger partial charge in [-0.05, 0) is 66.8 Å². The first kappa shape index (κ1) is 22.5. The molecule has 4 rings (SSSR count). The van der Waals surface area contributed by atoms with Gasteiger partial charge in [0.1, 0.15) is 0 Å². The van der Waals surface area contributed by atoms with E-state index in [0.717, 1.165) is 34.7 Å². The molecule has 6 nitrogen and oxygen atoms in total. The molecule has 3 aromatic carbocycles. The molecule has 0 saturated carbocycles. The number of anilines is 1. The highest BCUT2D eigenvalue weighted by molar-refractivity contribution is 7.89. The summed E-state index contributed by atoms with van der Waals surface area (Å²) in [5.74, 6) is -0.374. The van der Waals surface area contributed by atoms with E-state index in [1.54, 1.807) is 18.2 Å². The fraction of sp³-hybridized carbons (Fsp3) is 0.320. The van der Waals surface area contributed by atoms with E-state index < -0.39 is 10.0 Å². The van der Waals surface area contributed by atoms with Crippen molar-refractivity contribution in [2.24, 2.45) is 0 Å². The van der Waals surface area contributed by atoms with Gasteiger partial charge in [-0.2, -0.15) is 4.31 Å². The molecule has 0 aromatic heterocycles. The monoisotopic (exact) mass is 452 g/mol. The summed E-state index contributed by atoms with van der Waals surface area (Å²) in [6, 6.07) is 18.3. The molecule has 32 heavy (non-hydrogen) atoms. The van der Waals surface area contributed by atoms with Crippen LogP contribution in [-0.4, -0.2) is 44.4 Å². The second-order valence-corrected chi connectivity index (χ2v) is 10.2. The summed E-state index contributed by atoms with van der Waals surface area (Å²) in [5, 5.41) is 4.67. The van der Waals surface area contributed by atoms with Gasteiger partial charge in [-0.15, -0.1) is 0 Å². The van der Waals surface area contributed by atoms with Crippen LogP contribution in [0.1, 0.15) is 24.0 Å². The van der Waals surface area contributed by atoms with Gasteiger partial charge in [0.2, 0.25) is 15.9 Å². The van der Waals surface area contributed by atoms with E-state index in [2.05, 4.69) is 5.32 Å². The summed E-state index contributed by atoms with van der Waals surface area (Å²) in [4.78, 5) is 13.1. The zero-order valence-corrected chi connectivity index (χ0v) is 19.2. The highest BCUT2D eigenvalue weighted by Crippen LogP contribution is 2.24. The molecule has 1 atom stereocenters. The molecule has 1 aliphatic rings. The highest BCUT2D eigenvalue weighted by atomic mass is 32.2. The molecule has 1 heterocycles. The van der Waals surface area contributed by atoms with Gasteiger partial charge in [-0.1, -0.05) is 42.5 Å². The molecule has 168 valence electrons. The molecule has 1 unspecified atom stereocenters. The van der Waals surface area contributed by atoms with Gasteiger partial charge in [0.25, 0.3) is 0 Å². The number of nitrogens with one attached hydrogen (secondary N) is 1. The van der Waals surface area contributed by atoms with Crippen molar-refractivity contribution in [3.8, 4) is 0 Å². The maximum atomic E-state index is 13.6. The summed E-state index contributed by atoms with van der Waals surface area (Å²) >= 11 is 0. The smallest absolute Gasteiger partial charge is 0.243 e. The van der Waals surface area contributed by atoms with E-state index in [1.165, 1.54) is 4.31 Å². The average molecular weight is 453 g/mol. The lowest BCUT2D eigenvalue weighted by Gasteiger charge is -2.25. The van der Waals surface area contributed by atoms with Crippen LogP contribution >= 0.6 is 0 Å². The van der Waals surface area contributed by atoms with Crippen LogP contribution in [-0.2, 0) is 19.6 Å². The Kier molecular flexibility index (Phi) is 6.60. The molecule has 0 aliphatic carbocycles. The average Bonchev–Trinajstić information content (AvgIpc) is 3.29. The standard InChI is InChI=1S/C25H28N2O4S/c1-18-7-5-11-24(19(18)2)26-25(28)17-27(16-22-10-6-14-31-22)32(29,30)23-13-12-20-8-3-4-9-21(20)15-23/h3-5,7-9,11-13,15,22H,6,10,14,16-17H2,1-2H3,(H,26,28). The van der Waals surface area contributed by atoms with E-state index in [9.17, 15) is 13.2 Å². The molecule has 3 aromatic rings. The second-order valence-electron chi connectivity index (χ2n) is 8.24. The van der Waals surface area contributed by atoms with Gasteiger partial charge in [0.15, 0.2) is 0 Å². The predicted molar refractivity (Wildman–Crippen MR) is 126 cm³/mol. The number of sulfonamides is 1. The first-order valence-electron chi connectivity index (χ1n) is 10.8. The summed E-state index contributed by atoms with van der Waals surface area (Å²) in [6.45, 7) is 4.39. The minimum Gasteiger partial charge on any atom is -0.377 e. The van der Waals surface area contributed by atoms with E-state index in [-0.39, 0.29) is 30.0 Å². The van der Waals surface area contributed by atoms with Crippen molar-refractivity contribution in [3.63, 3.8) is 0 Å². The molecule has 1 N–H and O–H groups in total. The molecular formula is C25H28N2O4S. The Morgan fingerprint density at radius 1 is 1.06 bits per heavy atom. The van der Waals surface area contributed by atoms with Crippen molar-refractivity contribution >= 4 is 32.4 Å². The van der Waals surface area contributed by atoms with Crippen LogP contribution in [0.15, 0.2) is 65.6 Å². The SMILES string of the molecule is Cc1cccc(NC(=O)CN(CC2CCCO2)S(=O)(=O)c2ccc3ccccc3c2)c1C. The summed E-state index contributed by atoms with van der Waals surface area (Å²) in [5.41, 5.74) is 2.71. The van der Waals surface area contributed by atoms with Gasteiger partial charge < -0.3 is 10.1 Å². The van der Waals surface area contributed by atoms with Gasteiger partial charge in [-0.25, -0.2) is 8.42 Å². The number of fused-ring (bicyclic) bond motifs is 1. The van der Waals surface area contributed by atoms with E-state index >= 15 is 0 Å². The zero-order valence-electron chi connectivity index (χ0n) is 18.4. The molecular weight excluding hydrogens is 424 g/mol. The lowest BCUT2D eigenvalue weighted by Crippen LogP contribution is -2.42. The van der Waals surface area contributed by atoms with Crippen molar-refractivity contribution in [1.82, 2.24) is 4.31 Å². The normalized spacial score (nSPS) is 16.5. The Labute approximate surface area is 189 Å². The van der Waals surface area contributed by atoms with Crippen LogP contribution < -0.4 is 5.32 Å². The molecule has 0 bridgehead atoms. The van der Waals surface area contributed by atoms with Gasteiger partial charge >= 0.3 is 0 Å². The number of rotatable bonds is 7. The molecule has 0 radical (unpaired) electrons. The minimum atomic E-state index is -3.89. The van der Waals surface area contributed by atoms with Crippen LogP contribution in [0.5, 0.6) is 0 Å². The highest BCUT2D eigenvalue weighted by Gasteiger charge is 2.31. The lowest BCUT2D eigenvalue weighted by atomic mass is 10.1. The van der Waals surface area contributed by atoms with Crippen molar-refractivity contribution in [3.05, 3.63) is 71.8 Å². The van der Waals surface area contributed by atoms with Gasteiger partial charge in [-0.3, -0.25) is 4.79 Å². The van der Waals surface area contributed by atoms with Crippen LogP contribution in [0.25, 0.3) is 10.8 Å². The van der Waals surface area contributed by atoms with Crippen LogP contribution in [0.2, 0.25) is 0 Å². The number of amides is 1. The van der Waals surface area contributed by atoms with Crippen LogP contribution in [0.4, 0.5) is 5.69 Å². The van der Waals surface area contributed by atoms with Crippen molar-refractivity contribution in [2.45, 2.75) is 37.7 Å². The van der Waals surface area contributed by atoms with Crippen molar-refractivity contribution in [1.29, 1.82) is 0 Å². The van der Waals surface area contributed by atoms with Crippen LogP contribution in [0.3, 0.4) is 0 Å². The maximum Gasteiger partial charge on any atom is 0.243 e. The zero-order chi connectivity index (χ0) is 22.7. The topological polar surface area (TPSA) is 75.7 Å². The number of carbonyl (C=O) groups excluding carboxylic acids is 1. The quantitative estimate of drug-likeness (QED) is 0.581. The van der Waals surface area contributed by atoms with Gasteiger partial charge in [0, 0.05) is 18.8 Å². The number of nitrogens with zero attached hydrogens (tertiary/aromatic N) is 1. The molecule has 1 aliphatic heterocycles. The Bertz CT molecular complexity index is 1230. The van der Waals surface area contributed by atoms with E-state index in [4.69, 9.17) is 4.74 Å². The Balaban J connectivity index is 1.61. The van der Waals surface area contributed by atoms with Gasteiger partial charge in [0.05, 0.1) is 17.5 Å². The largest absolute Gasteiger partial charge is 0.377 e. The van der Waals surface area contributed by atoms with Crippen molar-refractivity contribution in [2.75, 3.05) is 25.0 Å². The maximum absolute atomic E-state index is 13.6. The Morgan fingerprint density at radius 2 is 1.84 bits per heavy atom. The molecule has 1 fully saturated rings. The molecule has 0 spiro atoms. The summed E-state index contributed by atoms with van der Waals surface area (Å²) in [7, 11) is -3.89. The minimum absolute atomic E-state index is 0.148. The summed E-state index contributed by atoms with van der Waals surface area (Å²) < 4.78 is 34.1. The Hall–Kier alpha value is -2.74. The van der Waals surface area contributed by atoms with Crippen molar-refractivity contribution < 1.29 is 17.9 Å². The third-order valence-electron chi connectivity index (χ3n) is 5.99. The first-order chi connectivity index (χ1) is 15.3. The number of aryl methyl sites for hydroxylation is 1. The third-order valence-corrected chi connectivity index (χ3v) is 7.80. The number of hydrogen-bond donors (Lipinski definition) is 1.